The molecule has 3 fully saturated rings. The van der Waals surface area contributed by atoms with E-state index in [1.807, 2.05) is 0 Å². The summed E-state index contributed by atoms with van der Waals surface area (Å²) in [5.41, 5.74) is -8.88. The van der Waals surface area contributed by atoms with Gasteiger partial charge in [-0.25, -0.2) is 14.4 Å². The van der Waals surface area contributed by atoms with Crippen LogP contribution in [0.5, 0.6) is 0 Å². The zero-order chi connectivity index (χ0) is 46.0. The van der Waals surface area contributed by atoms with Gasteiger partial charge in [0.1, 0.15) is 35.6 Å². The van der Waals surface area contributed by atoms with E-state index >= 15 is 4.79 Å². The minimum absolute atomic E-state index is 0.0244. The van der Waals surface area contributed by atoms with Crippen LogP contribution in [-0.2, 0) is 42.8 Å². The summed E-state index contributed by atoms with van der Waals surface area (Å²) in [6, 6.07) is 14.3. The molecule has 2 bridgehead atoms. The van der Waals surface area contributed by atoms with Crippen molar-refractivity contribution >= 4 is 29.8 Å². The SMILES string of the molecule is [2H]C([2H])([2H])O[C@H]1C[C@H]2OC[C@@]2(OC(C)=O)[C@H]2[C@H](OC(=O)c3ccccc3)C3(O)C[C@H](OC(=O)[C@H](O)[C@@H](NC(=O)OC(C)(C)C)c4ccccc4)C(C)=C([C@@H](O)C(=O)[C@]12C)C3(C)C. The minimum atomic E-state index is -3.11. The highest BCUT2D eigenvalue weighted by molar-refractivity contribution is 5.94. The second kappa shape index (κ2) is 15.7. The van der Waals surface area contributed by atoms with Crippen molar-refractivity contribution in [3.05, 3.63) is 82.9 Å². The molecule has 6 rings (SSSR count). The number of methoxy groups -OCH3 is 1. The highest BCUT2D eigenvalue weighted by atomic mass is 16.6. The molecular weight excluding hydrogens is 766 g/mol. The number of nitrogens with one attached hydrogen (secondary N) is 1. The van der Waals surface area contributed by atoms with Crippen LogP contribution in [0, 0.1) is 16.7 Å². The maximum absolute atomic E-state index is 15.3. The number of amides is 1. The Balaban J connectivity index is 1.53. The number of esters is 3. The molecule has 1 amide bonds. The Labute approximate surface area is 347 Å². The molecule has 3 aliphatic carbocycles. The molecule has 1 heterocycles. The summed E-state index contributed by atoms with van der Waals surface area (Å²) in [4.78, 5) is 69.8. The molecule has 2 aromatic carbocycles. The minimum Gasteiger partial charge on any atom is -0.456 e. The van der Waals surface area contributed by atoms with Crippen molar-refractivity contribution < 1.29 is 71.8 Å². The number of aliphatic hydroxyl groups is 3. The van der Waals surface area contributed by atoms with E-state index in [9.17, 15) is 34.5 Å². The number of hydrogen-bond acceptors (Lipinski definition) is 14. The van der Waals surface area contributed by atoms with Crippen LogP contribution in [0.3, 0.4) is 0 Å². The third-order valence-electron chi connectivity index (χ3n) is 12.7. The lowest BCUT2D eigenvalue weighted by atomic mass is 9.44. The third kappa shape index (κ3) is 7.45. The van der Waals surface area contributed by atoms with Crippen LogP contribution < -0.4 is 5.32 Å². The van der Waals surface area contributed by atoms with Crippen LogP contribution >= 0.6 is 0 Å². The Morgan fingerprint density at radius 2 is 1.63 bits per heavy atom. The van der Waals surface area contributed by atoms with Crippen molar-refractivity contribution in [1.82, 2.24) is 5.32 Å². The monoisotopic (exact) mass is 824 g/mol. The van der Waals surface area contributed by atoms with Crippen LogP contribution in [0.25, 0.3) is 0 Å². The Bertz CT molecular complexity index is 2110. The van der Waals surface area contributed by atoms with Crippen molar-refractivity contribution in [3.8, 4) is 0 Å². The van der Waals surface area contributed by atoms with Crippen molar-refractivity contribution in [1.29, 1.82) is 0 Å². The molecule has 4 N–H and O–H groups in total. The zero-order valence-corrected chi connectivity index (χ0v) is 34.3. The third-order valence-corrected chi connectivity index (χ3v) is 12.7. The molecule has 1 unspecified atom stereocenters. The van der Waals surface area contributed by atoms with E-state index in [1.165, 1.54) is 39.8 Å². The number of carbonyl (C=O) groups excluding carboxylic acids is 5. The lowest BCUT2D eigenvalue weighted by molar-refractivity contribution is -0.347. The van der Waals surface area contributed by atoms with Crippen molar-refractivity contribution in [2.75, 3.05) is 13.6 Å². The van der Waals surface area contributed by atoms with Gasteiger partial charge in [0.2, 0.25) is 0 Å². The number of carbonyl (C=O) groups is 5. The molecule has 4 aliphatic rings. The molecule has 0 radical (unpaired) electrons. The topological polar surface area (TPSA) is 213 Å². The number of benzene rings is 2. The fourth-order valence-electron chi connectivity index (χ4n) is 9.71. The predicted octanol–water partition coefficient (Wildman–Crippen LogP) is 3.91. The van der Waals surface area contributed by atoms with Gasteiger partial charge in [-0.2, -0.15) is 0 Å². The van der Waals surface area contributed by atoms with Crippen LogP contribution in [0.2, 0.25) is 0 Å². The van der Waals surface area contributed by atoms with E-state index in [0.717, 1.165) is 6.92 Å². The molecule has 0 aromatic heterocycles. The van der Waals surface area contributed by atoms with E-state index in [4.69, 9.17) is 32.5 Å². The summed E-state index contributed by atoms with van der Waals surface area (Å²) < 4.78 is 59.5. The molecule has 1 saturated heterocycles. The van der Waals surface area contributed by atoms with E-state index < -0.39 is 119 Å². The second-order valence-electron chi connectivity index (χ2n) is 17.7. The van der Waals surface area contributed by atoms with Gasteiger partial charge in [-0.3, -0.25) is 9.59 Å². The lowest BCUT2D eigenvalue weighted by Gasteiger charge is -2.67. The van der Waals surface area contributed by atoms with E-state index in [0.29, 0.717) is 5.56 Å². The summed E-state index contributed by atoms with van der Waals surface area (Å²) in [5.74, 6) is -5.79. The van der Waals surface area contributed by atoms with E-state index in [1.54, 1.807) is 69.3 Å². The van der Waals surface area contributed by atoms with E-state index in [2.05, 4.69) is 5.32 Å². The summed E-state index contributed by atoms with van der Waals surface area (Å²) in [7, 11) is -3.11. The number of aliphatic hydroxyl groups excluding tert-OH is 2. The number of ketones is 1. The molecular formula is C44H55NO14. The van der Waals surface area contributed by atoms with Gasteiger partial charge in [-0.05, 0) is 63.5 Å². The Morgan fingerprint density at radius 3 is 2.19 bits per heavy atom. The first-order chi connectivity index (χ1) is 28.7. The average molecular weight is 825 g/mol. The number of rotatable bonds is 9. The van der Waals surface area contributed by atoms with Crippen molar-refractivity contribution in [3.63, 3.8) is 0 Å². The fourth-order valence-corrected chi connectivity index (χ4v) is 9.71. The van der Waals surface area contributed by atoms with Crippen LogP contribution in [-0.4, -0.2) is 112 Å². The van der Waals surface area contributed by atoms with Gasteiger partial charge in [0.05, 0.1) is 39.8 Å². The number of Topliss-reactive ketones (excluding diaryl/α,β-unsaturated/α-hetero) is 1. The predicted molar refractivity (Wildman–Crippen MR) is 208 cm³/mol. The smallest absolute Gasteiger partial charge is 0.408 e. The molecule has 59 heavy (non-hydrogen) atoms. The van der Waals surface area contributed by atoms with Gasteiger partial charge in [0, 0.05) is 32.2 Å². The highest BCUT2D eigenvalue weighted by Gasteiger charge is 2.78. The molecule has 15 nitrogen and oxygen atoms in total. The van der Waals surface area contributed by atoms with Crippen LogP contribution in [0.4, 0.5) is 4.79 Å². The number of hydrogen-bond donors (Lipinski definition) is 4. The summed E-state index contributed by atoms with van der Waals surface area (Å²) >= 11 is 0. The molecule has 0 spiro atoms. The number of alkyl carbamates (subject to hydrolysis) is 1. The Morgan fingerprint density at radius 1 is 1.00 bits per heavy atom. The van der Waals surface area contributed by atoms with Crippen molar-refractivity contribution in [2.45, 2.75) is 128 Å². The number of ether oxygens (including phenoxy) is 6. The molecule has 1 aliphatic heterocycles. The first-order valence-corrected chi connectivity index (χ1v) is 19.5. The van der Waals surface area contributed by atoms with Gasteiger partial charge in [0.15, 0.2) is 17.5 Å². The first-order valence-electron chi connectivity index (χ1n) is 21.0. The standard InChI is InChI=1S/C44H55NO14/c1-23-27(56-38(51)33(48)31(25-16-12-10-13-17-25)45-39(52)59-40(3,4)5)21-44(53)36(57-37(50)26-18-14-11-15-19-26)34-42(8,35(49)32(47)30(23)41(44,6)7)28(54-9)20-29-43(34,22-55-29)58-24(2)46/h10-19,27-29,31-34,36,47-48,53H,20-22H2,1-9H3,(H,45,52)/t27-,28-,29+,31-,32+,33+,34-,36-,42+,43-,44?/m0/s1/i9D3. The Kier molecular flexibility index (Phi) is 10.6. The summed E-state index contributed by atoms with van der Waals surface area (Å²) in [6.07, 6.45) is -12.3. The summed E-state index contributed by atoms with van der Waals surface area (Å²) in [6.45, 7) is 11.4. The normalized spacial score (nSPS) is 34.3. The quantitative estimate of drug-likeness (QED) is 0.160. The van der Waals surface area contributed by atoms with Gasteiger partial charge < -0.3 is 49.1 Å². The first kappa shape index (κ1) is 39.8. The van der Waals surface area contributed by atoms with Gasteiger partial charge in [-0.15, -0.1) is 0 Å². The maximum atomic E-state index is 15.3. The largest absolute Gasteiger partial charge is 0.456 e. The average Bonchev–Trinajstić information content (AvgIpc) is 3.17. The zero-order valence-electron chi connectivity index (χ0n) is 37.3. The molecule has 15 heteroatoms. The van der Waals surface area contributed by atoms with Crippen molar-refractivity contribution in [2.24, 2.45) is 16.7 Å². The van der Waals surface area contributed by atoms with Gasteiger partial charge >= 0.3 is 24.0 Å². The van der Waals surface area contributed by atoms with Crippen LogP contribution in [0.1, 0.15) is 94.3 Å². The molecule has 2 saturated carbocycles. The van der Waals surface area contributed by atoms with E-state index in [-0.39, 0.29) is 29.7 Å². The molecule has 2 aromatic rings. The Hall–Kier alpha value is -4.67. The molecule has 320 valence electrons. The highest BCUT2D eigenvalue weighted by Crippen LogP contribution is 2.64. The molecule has 11 atom stereocenters. The van der Waals surface area contributed by atoms with Gasteiger partial charge in [0.25, 0.3) is 0 Å². The van der Waals surface area contributed by atoms with Gasteiger partial charge in [-0.1, -0.05) is 62.4 Å². The van der Waals surface area contributed by atoms with Crippen LogP contribution in [0.15, 0.2) is 71.8 Å². The second-order valence-corrected chi connectivity index (χ2v) is 17.7. The number of fused-ring (bicyclic) bond motifs is 5. The maximum Gasteiger partial charge on any atom is 0.408 e. The summed E-state index contributed by atoms with van der Waals surface area (Å²) in [5, 5.41) is 40.2. The lowest BCUT2D eigenvalue weighted by Crippen LogP contribution is -2.82. The fraction of sp³-hybridized carbons (Fsp3) is 0.568.